The van der Waals surface area contributed by atoms with E-state index in [4.69, 9.17) is 20.9 Å². The summed E-state index contributed by atoms with van der Waals surface area (Å²) in [6, 6.07) is 15.4. The monoisotopic (exact) mass is 520 g/mol. The molecule has 3 aromatic rings. The maximum atomic E-state index is 12.7. The first-order chi connectivity index (χ1) is 17.8. The Morgan fingerprint density at radius 2 is 1.62 bits per heavy atom. The Hall–Kier alpha value is -3.58. The number of carboxylic acids is 1. The van der Waals surface area contributed by atoms with Crippen LogP contribution >= 0.6 is 11.6 Å². The molecule has 0 saturated heterocycles. The van der Waals surface area contributed by atoms with Gasteiger partial charge in [-0.05, 0) is 74.6 Å². The third kappa shape index (κ3) is 5.01. The second-order valence-electron chi connectivity index (χ2n) is 9.81. The van der Waals surface area contributed by atoms with E-state index in [1.165, 1.54) is 0 Å². The molecule has 1 aromatic heterocycles. The third-order valence-electron chi connectivity index (χ3n) is 7.39. The van der Waals surface area contributed by atoms with Gasteiger partial charge in [-0.2, -0.15) is 0 Å². The minimum Gasteiger partial charge on any atom is -0.481 e. The Balaban J connectivity index is 1.29. The molecule has 192 valence electrons. The van der Waals surface area contributed by atoms with Gasteiger partial charge in [0.05, 0.1) is 5.41 Å². The van der Waals surface area contributed by atoms with Crippen molar-refractivity contribution in [3.05, 3.63) is 70.5 Å². The van der Waals surface area contributed by atoms with Crippen LogP contribution in [0.4, 0.5) is 10.5 Å². The molecule has 37 heavy (non-hydrogen) atoms. The zero-order chi connectivity index (χ0) is 26.2. The number of benzene rings is 2. The highest BCUT2D eigenvalue weighted by Gasteiger charge is 2.51. The van der Waals surface area contributed by atoms with Crippen LogP contribution < -0.4 is 5.32 Å². The average Bonchev–Trinajstić information content (AvgIpc) is 3.64. The summed E-state index contributed by atoms with van der Waals surface area (Å²) in [5.41, 5.74) is 4.82. The van der Waals surface area contributed by atoms with Gasteiger partial charge in [0, 0.05) is 10.6 Å². The van der Waals surface area contributed by atoms with Gasteiger partial charge in [-0.1, -0.05) is 65.3 Å². The number of rotatable bonds is 7. The molecule has 7 nitrogen and oxygen atoms in total. The molecular weight excluding hydrogens is 492 g/mol. The Labute approximate surface area is 220 Å². The summed E-state index contributed by atoms with van der Waals surface area (Å²) in [7, 11) is 0. The van der Waals surface area contributed by atoms with Crippen molar-refractivity contribution in [2.75, 3.05) is 5.32 Å². The molecule has 0 bridgehead atoms. The van der Waals surface area contributed by atoms with E-state index < -0.39 is 23.6 Å². The van der Waals surface area contributed by atoms with Gasteiger partial charge in [-0.25, -0.2) is 4.79 Å². The molecule has 8 heteroatoms. The molecule has 2 N–H and O–H groups in total. The fourth-order valence-electron chi connectivity index (χ4n) is 4.95. The topological polar surface area (TPSA) is 102 Å². The number of halogens is 1. The fraction of sp³-hybridized carbons (Fsp3) is 0.345. The number of allylic oxidation sites excluding steroid dienone is 1. The minimum absolute atomic E-state index is 0.410. The molecule has 2 aromatic carbocycles. The summed E-state index contributed by atoms with van der Waals surface area (Å²) in [5.74, 6) is -0.285. The van der Waals surface area contributed by atoms with Crippen molar-refractivity contribution in [2.24, 2.45) is 0 Å². The van der Waals surface area contributed by atoms with Crippen molar-refractivity contribution < 1.29 is 24.0 Å². The van der Waals surface area contributed by atoms with Crippen LogP contribution in [0.3, 0.4) is 0 Å². The molecule has 1 heterocycles. The highest BCUT2D eigenvalue weighted by atomic mass is 35.5. The molecule has 0 radical (unpaired) electrons. The molecule has 5 rings (SSSR count). The number of amides is 1. The SMILES string of the molecule is Cc1onc(-c2ccc(-c3ccc(C4(C(=O)O)CC4)cc3)cc2)c1NC(=O)OC(C)C1=C(Cl)CCCC1. The normalized spacial score (nSPS) is 17.3. The van der Waals surface area contributed by atoms with Crippen LogP contribution in [-0.4, -0.2) is 28.4 Å². The number of aryl methyl sites for hydroxylation is 1. The summed E-state index contributed by atoms with van der Waals surface area (Å²) in [6.07, 6.45) is 4.12. The minimum atomic E-state index is -0.759. The van der Waals surface area contributed by atoms with E-state index in [0.29, 0.717) is 30.0 Å². The molecule has 2 aliphatic rings. The third-order valence-corrected chi connectivity index (χ3v) is 7.83. The number of anilines is 1. The number of nitrogens with one attached hydrogen (secondary N) is 1. The number of aromatic nitrogens is 1. The standard InChI is InChI=1S/C29H29ClN2O5/c1-17(23-5-3-4-6-24(23)30)36-28(35)31-25-18(2)37-32-26(25)21-9-7-19(8-10-21)20-11-13-22(14-12-20)29(15-16-29)27(33)34/h7-14,17H,3-6,15-16H2,1-2H3,(H,31,35)(H,33,34). The van der Waals surface area contributed by atoms with E-state index in [2.05, 4.69) is 10.5 Å². The summed E-state index contributed by atoms with van der Waals surface area (Å²) in [4.78, 5) is 24.3. The lowest BCUT2D eigenvalue weighted by Crippen LogP contribution is -2.23. The second-order valence-corrected chi connectivity index (χ2v) is 10.3. The smallest absolute Gasteiger partial charge is 0.412 e. The highest BCUT2D eigenvalue weighted by molar-refractivity contribution is 6.30. The Morgan fingerprint density at radius 1 is 1.03 bits per heavy atom. The fourth-order valence-corrected chi connectivity index (χ4v) is 5.33. The van der Waals surface area contributed by atoms with E-state index in [0.717, 1.165) is 58.5 Å². The lowest BCUT2D eigenvalue weighted by molar-refractivity contribution is -0.140. The van der Waals surface area contributed by atoms with E-state index >= 15 is 0 Å². The molecule has 1 amide bonds. The number of hydrogen-bond donors (Lipinski definition) is 2. The van der Waals surface area contributed by atoms with E-state index in [9.17, 15) is 14.7 Å². The molecule has 2 aliphatic carbocycles. The first-order valence-electron chi connectivity index (χ1n) is 12.5. The van der Waals surface area contributed by atoms with Gasteiger partial charge in [0.25, 0.3) is 0 Å². The maximum Gasteiger partial charge on any atom is 0.412 e. The van der Waals surface area contributed by atoms with Crippen molar-refractivity contribution in [1.29, 1.82) is 0 Å². The molecular formula is C29H29ClN2O5. The van der Waals surface area contributed by atoms with Crippen molar-refractivity contribution in [3.63, 3.8) is 0 Å². The van der Waals surface area contributed by atoms with Crippen LogP contribution in [0.15, 0.2) is 63.7 Å². The first-order valence-corrected chi connectivity index (χ1v) is 12.9. The molecule has 1 unspecified atom stereocenters. The van der Waals surface area contributed by atoms with E-state index in [-0.39, 0.29) is 0 Å². The Morgan fingerprint density at radius 3 is 2.22 bits per heavy atom. The van der Waals surface area contributed by atoms with Crippen molar-refractivity contribution in [1.82, 2.24) is 5.16 Å². The second kappa shape index (κ2) is 10.1. The lowest BCUT2D eigenvalue weighted by Gasteiger charge is -2.22. The number of ether oxygens (including phenoxy) is 1. The van der Waals surface area contributed by atoms with Crippen molar-refractivity contribution in [2.45, 2.75) is 63.9 Å². The summed E-state index contributed by atoms with van der Waals surface area (Å²) < 4.78 is 11.0. The van der Waals surface area contributed by atoms with Gasteiger partial charge in [0.2, 0.25) is 0 Å². The van der Waals surface area contributed by atoms with Crippen LogP contribution in [-0.2, 0) is 14.9 Å². The molecule has 0 aliphatic heterocycles. The van der Waals surface area contributed by atoms with Crippen LogP contribution in [0.2, 0.25) is 0 Å². The number of hydrogen-bond acceptors (Lipinski definition) is 5. The number of carbonyl (C=O) groups is 2. The van der Waals surface area contributed by atoms with Gasteiger partial charge in [-0.15, -0.1) is 0 Å². The Bertz CT molecular complexity index is 1350. The Kier molecular flexibility index (Phi) is 6.82. The van der Waals surface area contributed by atoms with Gasteiger partial charge < -0.3 is 14.4 Å². The summed E-state index contributed by atoms with van der Waals surface area (Å²) in [5, 5.41) is 17.3. The predicted molar refractivity (Wildman–Crippen MR) is 142 cm³/mol. The first kappa shape index (κ1) is 25.1. The maximum absolute atomic E-state index is 12.7. The van der Waals surface area contributed by atoms with Gasteiger partial charge in [0.1, 0.15) is 17.5 Å². The molecule has 1 atom stereocenters. The molecule has 0 spiro atoms. The number of aliphatic carboxylic acids is 1. The average molecular weight is 521 g/mol. The van der Waals surface area contributed by atoms with Gasteiger partial charge >= 0.3 is 12.1 Å². The number of carbonyl (C=O) groups excluding carboxylic acids is 1. The van der Waals surface area contributed by atoms with Crippen molar-refractivity contribution in [3.8, 4) is 22.4 Å². The zero-order valence-corrected chi connectivity index (χ0v) is 21.6. The van der Waals surface area contributed by atoms with Crippen LogP contribution in [0.5, 0.6) is 0 Å². The van der Waals surface area contributed by atoms with E-state index in [1.54, 1.807) is 6.92 Å². The molecule has 1 saturated carbocycles. The lowest BCUT2D eigenvalue weighted by atomic mass is 9.93. The quantitative estimate of drug-likeness (QED) is 0.335. The molecule has 1 fully saturated rings. The summed E-state index contributed by atoms with van der Waals surface area (Å²) >= 11 is 6.35. The largest absolute Gasteiger partial charge is 0.481 e. The van der Waals surface area contributed by atoms with Crippen molar-refractivity contribution >= 4 is 29.4 Å². The van der Waals surface area contributed by atoms with Gasteiger partial charge in [0.15, 0.2) is 5.76 Å². The highest BCUT2D eigenvalue weighted by Crippen LogP contribution is 2.48. The van der Waals surface area contributed by atoms with E-state index in [1.807, 2.05) is 55.5 Å². The number of carboxylic acid groups (broad SMARTS) is 1. The van der Waals surface area contributed by atoms with Crippen LogP contribution in [0.1, 0.15) is 56.8 Å². The van der Waals surface area contributed by atoms with Gasteiger partial charge in [-0.3, -0.25) is 10.1 Å². The summed E-state index contributed by atoms with van der Waals surface area (Å²) in [6.45, 7) is 3.57. The predicted octanol–water partition coefficient (Wildman–Crippen LogP) is 7.44. The number of nitrogens with zero attached hydrogens (tertiary/aromatic N) is 1. The van der Waals surface area contributed by atoms with Crippen LogP contribution in [0, 0.1) is 6.92 Å². The van der Waals surface area contributed by atoms with Crippen LogP contribution in [0.25, 0.3) is 22.4 Å². The zero-order valence-electron chi connectivity index (χ0n) is 20.8.